The Morgan fingerprint density at radius 1 is 1.15 bits per heavy atom. The largest absolute Gasteiger partial charge is 0.344 e. The van der Waals surface area contributed by atoms with Gasteiger partial charge in [0.2, 0.25) is 5.91 Å². The highest BCUT2D eigenvalue weighted by atomic mass is 16.2. The van der Waals surface area contributed by atoms with Gasteiger partial charge in [-0.05, 0) is 44.6 Å². The van der Waals surface area contributed by atoms with Crippen LogP contribution in [0, 0.1) is 5.92 Å². The van der Waals surface area contributed by atoms with E-state index in [0.29, 0.717) is 24.4 Å². The molecule has 2 saturated heterocycles. The molecular weight excluding hydrogens is 250 g/mol. The molecule has 0 bridgehead atoms. The zero-order valence-corrected chi connectivity index (χ0v) is 12.7. The third-order valence-corrected chi connectivity index (χ3v) is 5.51. The lowest BCUT2D eigenvalue weighted by Gasteiger charge is -2.37. The first-order valence-corrected chi connectivity index (χ1v) is 8.47. The van der Waals surface area contributed by atoms with E-state index < -0.39 is 0 Å². The molecule has 0 aromatic heterocycles. The highest BCUT2D eigenvalue weighted by molar-refractivity contribution is 5.76. The van der Waals surface area contributed by atoms with Crippen LogP contribution in [-0.2, 0) is 4.79 Å². The monoisotopic (exact) mass is 279 g/mol. The highest BCUT2D eigenvalue weighted by Crippen LogP contribution is 2.32. The first-order chi connectivity index (χ1) is 9.74. The number of nitrogens with one attached hydrogen (secondary N) is 2. The maximum Gasteiger partial charge on any atom is 0.222 e. The van der Waals surface area contributed by atoms with Gasteiger partial charge in [0.05, 0.1) is 0 Å². The van der Waals surface area contributed by atoms with Crippen molar-refractivity contribution in [2.45, 2.75) is 69.5 Å². The molecule has 2 aliphatic heterocycles. The predicted octanol–water partition coefficient (Wildman–Crippen LogP) is 1.51. The molecule has 1 aliphatic carbocycles. The van der Waals surface area contributed by atoms with Crippen LogP contribution < -0.4 is 10.6 Å². The molecule has 2 N–H and O–H groups in total. The molecule has 0 aromatic carbocycles. The quantitative estimate of drug-likeness (QED) is 0.823. The average molecular weight is 279 g/mol. The van der Waals surface area contributed by atoms with Gasteiger partial charge in [-0.15, -0.1) is 0 Å². The van der Waals surface area contributed by atoms with Gasteiger partial charge in [-0.25, -0.2) is 0 Å². The van der Waals surface area contributed by atoms with Crippen LogP contribution in [0.3, 0.4) is 0 Å². The Morgan fingerprint density at radius 3 is 2.80 bits per heavy atom. The van der Waals surface area contributed by atoms with Gasteiger partial charge in [-0.2, -0.15) is 0 Å². The van der Waals surface area contributed by atoms with Crippen molar-refractivity contribution in [2.24, 2.45) is 5.92 Å². The molecule has 4 nitrogen and oxygen atoms in total. The van der Waals surface area contributed by atoms with E-state index in [-0.39, 0.29) is 0 Å². The standard InChI is InChI=1S/C16H29N3O/c1-19-11-12(8-9-16(19)20)18-15-7-4-5-13(15)14-6-2-3-10-17-14/h12-15,17-18H,2-11H2,1H3. The maximum absolute atomic E-state index is 11.6. The summed E-state index contributed by atoms with van der Waals surface area (Å²) in [5.74, 6) is 1.11. The van der Waals surface area contributed by atoms with E-state index >= 15 is 0 Å². The summed E-state index contributed by atoms with van der Waals surface area (Å²) < 4.78 is 0. The average Bonchev–Trinajstić information content (AvgIpc) is 2.92. The maximum atomic E-state index is 11.6. The first kappa shape index (κ1) is 14.3. The van der Waals surface area contributed by atoms with Crippen molar-refractivity contribution in [1.82, 2.24) is 15.5 Å². The lowest BCUT2D eigenvalue weighted by molar-refractivity contribution is -0.132. The number of carbonyl (C=O) groups is 1. The Labute approximate surface area is 122 Å². The van der Waals surface area contributed by atoms with Gasteiger partial charge in [0.1, 0.15) is 0 Å². The highest BCUT2D eigenvalue weighted by Gasteiger charge is 2.36. The predicted molar refractivity (Wildman–Crippen MR) is 80.6 cm³/mol. The van der Waals surface area contributed by atoms with Gasteiger partial charge in [0.25, 0.3) is 0 Å². The van der Waals surface area contributed by atoms with Crippen LogP contribution in [0.4, 0.5) is 0 Å². The SMILES string of the molecule is CN1CC(NC2CCCC2C2CCCCN2)CCC1=O. The molecule has 20 heavy (non-hydrogen) atoms. The topological polar surface area (TPSA) is 44.4 Å². The molecule has 1 amide bonds. The van der Waals surface area contributed by atoms with Crippen LogP contribution in [0.15, 0.2) is 0 Å². The van der Waals surface area contributed by atoms with Crippen LogP contribution in [0.1, 0.15) is 51.4 Å². The van der Waals surface area contributed by atoms with Crippen LogP contribution in [0.25, 0.3) is 0 Å². The first-order valence-electron chi connectivity index (χ1n) is 8.47. The van der Waals surface area contributed by atoms with Crippen LogP contribution in [0.2, 0.25) is 0 Å². The number of likely N-dealkylation sites (tertiary alicyclic amines) is 1. The van der Waals surface area contributed by atoms with Crippen molar-refractivity contribution in [1.29, 1.82) is 0 Å². The number of rotatable bonds is 3. The minimum Gasteiger partial charge on any atom is -0.344 e. The van der Waals surface area contributed by atoms with Crippen LogP contribution >= 0.6 is 0 Å². The van der Waals surface area contributed by atoms with E-state index in [1.165, 1.54) is 45.1 Å². The van der Waals surface area contributed by atoms with Crippen molar-refractivity contribution >= 4 is 5.91 Å². The molecule has 3 aliphatic rings. The molecule has 4 unspecified atom stereocenters. The number of nitrogens with zero attached hydrogens (tertiary/aromatic N) is 1. The van der Waals surface area contributed by atoms with Crippen molar-refractivity contribution in [3.8, 4) is 0 Å². The van der Waals surface area contributed by atoms with Gasteiger partial charge in [-0.1, -0.05) is 12.8 Å². The minimum absolute atomic E-state index is 0.306. The van der Waals surface area contributed by atoms with E-state index in [1.54, 1.807) is 0 Å². The summed E-state index contributed by atoms with van der Waals surface area (Å²) in [5.41, 5.74) is 0. The summed E-state index contributed by atoms with van der Waals surface area (Å²) in [6.45, 7) is 2.09. The normalized spacial score (nSPS) is 39.2. The minimum atomic E-state index is 0.306. The summed E-state index contributed by atoms with van der Waals surface area (Å²) in [6.07, 6.45) is 9.87. The van der Waals surface area contributed by atoms with Gasteiger partial charge >= 0.3 is 0 Å². The second-order valence-electron chi connectivity index (χ2n) is 6.93. The summed E-state index contributed by atoms with van der Waals surface area (Å²) in [4.78, 5) is 13.5. The Morgan fingerprint density at radius 2 is 2.05 bits per heavy atom. The zero-order chi connectivity index (χ0) is 13.9. The van der Waals surface area contributed by atoms with E-state index in [1.807, 2.05) is 11.9 Å². The van der Waals surface area contributed by atoms with Crippen molar-refractivity contribution < 1.29 is 4.79 Å². The van der Waals surface area contributed by atoms with E-state index in [2.05, 4.69) is 10.6 Å². The number of hydrogen-bond donors (Lipinski definition) is 2. The summed E-state index contributed by atoms with van der Waals surface area (Å²) in [7, 11) is 1.94. The van der Waals surface area contributed by atoms with Gasteiger partial charge in [-0.3, -0.25) is 4.79 Å². The number of hydrogen-bond acceptors (Lipinski definition) is 3. The van der Waals surface area contributed by atoms with Crippen molar-refractivity contribution in [3.05, 3.63) is 0 Å². The molecular formula is C16H29N3O. The zero-order valence-electron chi connectivity index (χ0n) is 12.7. The molecule has 3 rings (SSSR count). The summed E-state index contributed by atoms with van der Waals surface area (Å²) in [6, 6.07) is 1.90. The van der Waals surface area contributed by atoms with Crippen LogP contribution in [0.5, 0.6) is 0 Å². The van der Waals surface area contributed by atoms with E-state index in [4.69, 9.17) is 0 Å². The van der Waals surface area contributed by atoms with Crippen LogP contribution in [-0.4, -0.2) is 49.1 Å². The third-order valence-electron chi connectivity index (χ3n) is 5.51. The van der Waals surface area contributed by atoms with Crippen molar-refractivity contribution in [2.75, 3.05) is 20.1 Å². The van der Waals surface area contributed by atoms with E-state index in [0.717, 1.165) is 24.9 Å². The van der Waals surface area contributed by atoms with Gasteiger partial charge in [0, 0.05) is 38.1 Å². The molecule has 3 fully saturated rings. The number of amides is 1. The number of carbonyl (C=O) groups excluding carboxylic acids is 1. The molecule has 0 spiro atoms. The van der Waals surface area contributed by atoms with E-state index in [9.17, 15) is 4.79 Å². The molecule has 1 saturated carbocycles. The Hall–Kier alpha value is -0.610. The Balaban J connectivity index is 1.54. The van der Waals surface area contributed by atoms with Gasteiger partial charge < -0.3 is 15.5 Å². The smallest absolute Gasteiger partial charge is 0.222 e. The fourth-order valence-electron chi connectivity index (χ4n) is 4.37. The fraction of sp³-hybridized carbons (Fsp3) is 0.938. The summed E-state index contributed by atoms with van der Waals surface area (Å²) in [5, 5.41) is 7.62. The molecule has 4 atom stereocenters. The summed E-state index contributed by atoms with van der Waals surface area (Å²) >= 11 is 0. The fourth-order valence-corrected chi connectivity index (χ4v) is 4.37. The number of piperidine rings is 2. The molecule has 2 heterocycles. The molecule has 114 valence electrons. The lowest BCUT2D eigenvalue weighted by atomic mass is 9.87. The Kier molecular flexibility index (Phi) is 4.61. The second-order valence-corrected chi connectivity index (χ2v) is 6.93. The lowest BCUT2D eigenvalue weighted by Crippen LogP contribution is -2.53. The van der Waals surface area contributed by atoms with Crippen molar-refractivity contribution in [3.63, 3.8) is 0 Å². The molecule has 0 radical (unpaired) electrons. The molecule has 4 heteroatoms. The third kappa shape index (κ3) is 3.17. The number of likely N-dealkylation sites (N-methyl/N-ethyl adjacent to an activating group) is 1. The second kappa shape index (κ2) is 6.44. The Bertz CT molecular complexity index is 341. The molecule has 0 aromatic rings. The van der Waals surface area contributed by atoms with Gasteiger partial charge in [0.15, 0.2) is 0 Å².